The molecule has 1 aliphatic heterocycles. The molecule has 0 aromatic heterocycles. The van der Waals surface area contributed by atoms with Crippen LogP contribution in [0.15, 0.2) is 114 Å². The monoisotopic (exact) mass is 659 g/mol. The molecule has 11 heteroatoms. The lowest BCUT2D eigenvalue weighted by atomic mass is 9.84. The number of hydrazine groups is 1. The van der Waals surface area contributed by atoms with Crippen LogP contribution in [0.2, 0.25) is 0 Å². The zero-order chi connectivity index (χ0) is 34.0. The molecule has 1 aliphatic rings. The van der Waals surface area contributed by atoms with Crippen LogP contribution in [0.5, 0.6) is 11.5 Å². The van der Waals surface area contributed by atoms with Crippen molar-refractivity contribution in [2.45, 2.75) is 37.2 Å². The van der Waals surface area contributed by atoms with Gasteiger partial charge in [-0.05, 0) is 59.2 Å². The summed E-state index contributed by atoms with van der Waals surface area (Å²) in [4.78, 5) is 19.2. The third-order valence-electron chi connectivity index (χ3n) is 7.77. The van der Waals surface area contributed by atoms with E-state index in [1.165, 1.54) is 25.3 Å². The first-order valence-corrected chi connectivity index (χ1v) is 15.4. The second-order valence-electron chi connectivity index (χ2n) is 11.0. The lowest BCUT2D eigenvalue weighted by Gasteiger charge is -2.30. The molecule has 0 unspecified atom stereocenters. The first-order valence-electron chi connectivity index (χ1n) is 15.4. The molecule has 5 rings (SSSR count). The number of hydrogen-bond donors (Lipinski definition) is 3. The van der Waals surface area contributed by atoms with Crippen molar-refractivity contribution in [3.8, 4) is 11.5 Å². The van der Waals surface area contributed by atoms with Crippen molar-refractivity contribution in [2.75, 3.05) is 20.3 Å². The Labute approximate surface area is 276 Å². The Bertz CT molecular complexity index is 1730. The van der Waals surface area contributed by atoms with Crippen LogP contribution >= 0.6 is 0 Å². The van der Waals surface area contributed by atoms with Gasteiger partial charge in [-0.25, -0.2) is 10.4 Å². The fourth-order valence-corrected chi connectivity index (χ4v) is 5.34. The minimum Gasteiger partial charge on any atom is -0.497 e. The Morgan fingerprint density at radius 2 is 1.73 bits per heavy atom. The van der Waals surface area contributed by atoms with Crippen LogP contribution in [0, 0.1) is 0 Å². The Balaban J connectivity index is 1.51. The van der Waals surface area contributed by atoms with Crippen molar-refractivity contribution in [1.82, 2.24) is 10.9 Å². The van der Waals surface area contributed by atoms with Gasteiger partial charge in [0.15, 0.2) is 11.6 Å². The van der Waals surface area contributed by atoms with Crippen LogP contribution in [0.4, 0.5) is 13.2 Å². The Kier molecular flexibility index (Phi) is 11.1. The van der Waals surface area contributed by atoms with Crippen molar-refractivity contribution in [3.63, 3.8) is 0 Å². The second-order valence-corrected chi connectivity index (χ2v) is 11.0. The molecular formula is C37H36F3N3O5. The third kappa shape index (κ3) is 8.23. The lowest BCUT2D eigenvalue weighted by Crippen LogP contribution is -2.52. The third-order valence-corrected chi connectivity index (χ3v) is 7.77. The number of nitrogens with zero attached hydrogens (tertiary/aromatic N) is 1. The van der Waals surface area contributed by atoms with Gasteiger partial charge in [-0.2, -0.15) is 13.2 Å². The summed E-state index contributed by atoms with van der Waals surface area (Å²) in [6.45, 7) is 0.0833. The van der Waals surface area contributed by atoms with E-state index in [0.29, 0.717) is 35.7 Å². The molecule has 4 aromatic rings. The molecule has 48 heavy (non-hydrogen) atoms. The average Bonchev–Trinajstić information content (AvgIpc) is 3.50. The standard InChI is InChI=1S/C37H36F3N3O5/c1-46-31-15-7-14-28(24-31)33-36(21-8-12-26-10-3-2-4-11-26,35(45)43-41-25-29-13-5-6-16-32(29)37(38,39)40)42-34(48-33)27-17-19-30(20-18-27)47-23-9-22-44/h2-8,10-20,24,33,41,44H,9,21-23,25H2,1H3,(H,43,45)/b12-8+/t33-,36-/m0/s1. The van der Waals surface area contributed by atoms with Gasteiger partial charge in [-0.1, -0.05) is 72.8 Å². The fraction of sp³-hybridized carbons (Fsp3) is 0.243. The molecule has 0 aliphatic carbocycles. The smallest absolute Gasteiger partial charge is 0.416 e. The highest BCUT2D eigenvalue weighted by molar-refractivity contribution is 6.01. The van der Waals surface area contributed by atoms with Gasteiger partial charge in [0.1, 0.15) is 11.5 Å². The number of ether oxygens (including phenoxy) is 3. The van der Waals surface area contributed by atoms with Crippen molar-refractivity contribution in [2.24, 2.45) is 4.99 Å². The predicted octanol–water partition coefficient (Wildman–Crippen LogP) is 6.66. The van der Waals surface area contributed by atoms with E-state index >= 15 is 0 Å². The number of halogens is 3. The van der Waals surface area contributed by atoms with Crippen LogP contribution < -0.4 is 20.3 Å². The molecule has 250 valence electrons. The summed E-state index contributed by atoms with van der Waals surface area (Å²) >= 11 is 0. The fourth-order valence-electron chi connectivity index (χ4n) is 5.34. The molecule has 0 saturated heterocycles. The van der Waals surface area contributed by atoms with Gasteiger partial charge in [0.2, 0.25) is 5.90 Å². The van der Waals surface area contributed by atoms with Gasteiger partial charge in [-0.15, -0.1) is 0 Å². The Morgan fingerprint density at radius 1 is 0.979 bits per heavy atom. The molecule has 0 saturated carbocycles. The summed E-state index contributed by atoms with van der Waals surface area (Å²) in [6, 6.07) is 28.8. The number of alkyl halides is 3. The number of methoxy groups -OCH3 is 1. The van der Waals surface area contributed by atoms with Gasteiger partial charge < -0.3 is 19.3 Å². The van der Waals surface area contributed by atoms with E-state index in [4.69, 9.17) is 24.3 Å². The van der Waals surface area contributed by atoms with E-state index in [2.05, 4.69) is 10.9 Å². The SMILES string of the molecule is COc1cccc([C@@H]2OC(c3ccc(OCCCO)cc3)=N[C@]2(C/C=C/c2ccccc2)C(=O)NNCc2ccccc2C(F)(F)F)c1. The molecule has 2 atom stereocenters. The molecular weight excluding hydrogens is 623 g/mol. The van der Waals surface area contributed by atoms with E-state index in [9.17, 15) is 18.0 Å². The quantitative estimate of drug-likeness (QED) is 0.104. The molecule has 1 heterocycles. The van der Waals surface area contributed by atoms with E-state index < -0.39 is 29.3 Å². The number of aliphatic imine (C=N–C) groups is 1. The van der Waals surface area contributed by atoms with Gasteiger partial charge in [0.05, 0.1) is 19.3 Å². The molecule has 8 nitrogen and oxygen atoms in total. The van der Waals surface area contributed by atoms with Crippen LogP contribution in [-0.2, 0) is 22.3 Å². The van der Waals surface area contributed by atoms with Gasteiger partial charge in [0, 0.05) is 31.6 Å². The molecule has 3 N–H and O–H groups in total. The average molecular weight is 660 g/mol. The summed E-state index contributed by atoms with van der Waals surface area (Å²) in [6.07, 6.45) is -1.22. The number of carbonyl (C=O) groups is 1. The van der Waals surface area contributed by atoms with E-state index in [1.807, 2.05) is 42.5 Å². The summed E-state index contributed by atoms with van der Waals surface area (Å²) < 4.78 is 58.5. The largest absolute Gasteiger partial charge is 0.497 e. The number of aliphatic hydroxyl groups is 1. The van der Waals surface area contributed by atoms with Gasteiger partial charge in [-0.3, -0.25) is 10.2 Å². The zero-order valence-corrected chi connectivity index (χ0v) is 26.2. The number of nitrogens with one attached hydrogen (secondary N) is 2. The maximum absolute atomic E-state index is 14.3. The van der Waals surface area contributed by atoms with Crippen molar-refractivity contribution in [3.05, 3.63) is 137 Å². The number of hydrogen-bond acceptors (Lipinski definition) is 7. The minimum absolute atomic E-state index is 0.0148. The topological polar surface area (TPSA) is 101 Å². The molecule has 1 amide bonds. The second kappa shape index (κ2) is 15.6. The van der Waals surface area contributed by atoms with Gasteiger partial charge in [0.25, 0.3) is 5.91 Å². The van der Waals surface area contributed by atoms with E-state index in [0.717, 1.165) is 11.6 Å². The highest BCUT2D eigenvalue weighted by atomic mass is 19.4. The molecule has 0 fully saturated rings. The zero-order valence-electron chi connectivity index (χ0n) is 26.2. The molecule has 0 spiro atoms. The van der Waals surface area contributed by atoms with Crippen molar-refractivity contribution < 1.29 is 37.3 Å². The first kappa shape index (κ1) is 34.2. The van der Waals surface area contributed by atoms with Crippen LogP contribution in [0.25, 0.3) is 6.08 Å². The minimum atomic E-state index is -4.55. The van der Waals surface area contributed by atoms with Crippen molar-refractivity contribution in [1.29, 1.82) is 0 Å². The van der Waals surface area contributed by atoms with Gasteiger partial charge >= 0.3 is 6.18 Å². The molecule has 0 bridgehead atoms. The van der Waals surface area contributed by atoms with Crippen LogP contribution in [0.1, 0.15) is 46.8 Å². The summed E-state index contributed by atoms with van der Waals surface area (Å²) in [5.41, 5.74) is 5.03. The number of benzene rings is 4. The maximum atomic E-state index is 14.3. The highest BCUT2D eigenvalue weighted by Gasteiger charge is 2.52. The number of rotatable bonds is 14. The number of amides is 1. The summed E-state index contributed by atoms with van der Waals surface area (Å²) in [5.74, 6) is 0.741. The summed E-state index contributed by atoms with van der Waals surface area (Å²) in [7, 11) is 1.53. The predicted molar refractivity (Wildman–Crippen MR) is 176 cm³/mol. The Morgan fingerprint density at radius 3 is 2.46 bits per heavy atom. The number of aliphatic hydroxyl groups excluding tert-OH is 1. The molecule has 0 radical (unpaired) electrons. The highest BCUT2D eigenvalue weighted by Crippen LogP contribution is 2.43. The van der Waals surface area contributed by atoms with Crippen LogP contribution in [0.3, 0.4) is 0 Å². The molecule has 4 aromatic carbocycles. The summed E-state index contributed by atoms with van der Waals surface area (Å²) in [5, 5.41) is 9.05. The van der Waals surface area contributed by atoms with Crippen molar-refractivity contribution >= 4 is 17.9 Å². The van der Waals surface area contributed by atoms with Crippen LogP contribution in [-0.4, -0.2) is 42.8 Å². The maximum Gasteiger partial charge on any atom is 0.416 e. The Hall–Kier alpha value is -5.13. The lowest BCUT2D eigenvalue weighted by molar-refractivity contribution is -0.138. The number of carbonyl (C=O) groups excluding carboxylic acids is 1. The normalized spacial score (nSPS) is 17.5. The van der Waals surface area contributed by atoms with E-state index in [-0.39, 0.29) is 31.0 Å². The first-order chi connectivity index (χ1) is 23.2. The van der Waals surface area contributed by atoms with E-state index in [1.54, 1.807) is 48.5 Å².